The highest BCUT2D eigenvalue weighted by Crippen LogP contribution is 2.28. The molecule has 6 heteroatoms. The van der Waals surface area contributed by atoms with Gasteiger partial charge in [-0.3, -0.25) is 9.59 Å². The first-order valence-electron chi connectivity index (χ1n) is 9.64. The average Bonchev–Trinajstić information content (AvgIpc) is 2.69. The van der Waals surface area contributed by atoms with Crippen LogP contribution in [0.2, 0.25) is 0 Å². The lowest BCUT2D eigenvalue weighted by Gasteiger charge is -2.12. The summed E-state index contributed by atoms with van der Waals surface area (Å²) in [4.78, 5) is 24.1. The van der Waals surface area contributed by atoms with Crippen molar-refractivity contribution in [3.8, 4) is 11.5 Å². The van der Waals surface area contributed by atoms with Gasteiger partial charge in [-0.05, 0) is 56.2 Å². The van der Waals surface area contributed by atoms with E-state index >= 15 is 0 Å². The predicted molar refractivity (Wildman–Crippen MR) is 110 cm³/mol. The van der Waals surface area contributed by atoms with Crippen molar-refractivity contribution in [2.24, 2.45) is 0 Å². The van der Waals surface area contributed by atoms with E-state index in [1.807, 2.05) is 45.0 Å². The monoisotopic (exact) mass is 384 g/mol. The number of ether oxygens (including phenoxy) is 2. The van der Waals surface area contributed by atoms with Gasteiger partial charge in [-0.1, -0.05) is 19.1 Å². The van der Waals surface area contributed by atoms with Gasteiger partial charge >= 0.3 is 0 Å². The van der Waals surface area contributed by atoms with Gasteiger partial charge in [0.2, 0.25) is 5.91 Å². The molecule has 0 saturated heterocycles. The third kappa shape index (κ3) is 6.30. The molecular weight excluding hydrogens is 356 g/mol. The van der Waals surface area contributed by atoms with Gasteiger partial charge in [0.15, 0.2) is 11.5 Å². The number of anilines is 1. The molecule has 150 valence electrons. The highest BCUT2D eigenvalue weighted by Gasteiger charge is 2.11. The summed E-state index contributed by atoms with van der Waals surface area (Å²) in [6.45, 7) is 7.16. The Morgan fingerprint density at radius 2 is 1.57 bits per heavy atom. The van der Waals surface area contributed by atoms with E-state index in [1.54, 1.807) is 18.2 Å². The molecule has 0 saturated carbocycles. The van der Waals surface area contributed by atoms with E-state index in [-0.39, 0.29) is 11.8 Å². The van der Waals surface area contributed by atoms with Gasteiger partial charge in [0.05, 0.1) is 13.2 Å². The minimum atomic E-state index is -0.190. The summed E-state index contributed by atoms with van der Waals surface area (Å²) < 4.78 is 11.1. The summed E-state index contributed by atoms with van der Waals surface area (Å²) in [6, 6.07) is 12.6. The Hall–Kier alpha value is -3.02. The van der Waals surface area contributed by atoms with Crippen LogP contribution in [0.15, 0.2) is 42.5 Å². The van der Waals surface area contributed by atoms with Crippen LogP contribution in [0.1, 0.15) is 49.5 Å². The van der Waals surface area contributed by atoms with Crippen molar-refractivity contribution < 1.29 is 19.1 Å². The molecule has 0 aromatic heterocycles. The molecule has 0 aliphatic carbocycles. The Balaban J connectivity index is 1.96. The van der Waals surface area contributed by atoms with Crippen molar-refractivity contribution >= 4 is 17.5 Å². The maximum Gasteiger partial charge on any atom is 0.251 e. The van der Waals surface area contributed by atoms with Crippen molar-refractivity contribution in [1.29, 1.82) is 0 Å². The predicted octanol–water partition coefficient (Wildman–Crippen LogP) is 4.15. The zero-order valence-corrected chi connectivity index (χ0v) is 16.7. The molecule has 2 amide bonds. The quantitative estimate of drug-likeness (QED) is 0.645. The van der Waals surface area contributed by atoms with Crippen LogP contribution in [0.3, 0.4) is 0 Å². The van der Waals surface area contributed by atoms with E-state index in [1.165, 1.54) is 0 Å². The van der Waals surface area contributed by atoms with Gasteiger partial charge < -0.3 is 20.1 Å². The number of nitrogens with one attached hydrogen (secondary N) is 2. The van der Waals surface area contributed by atoms with Gasteiger partial charge in [-0.15, -0.1) is 0 Å². The molecule has 0 bridgehead atoms. The Morgan fingerprint density at radius 3 is 2.21 bits per heavy atom. The lowest BCUT2D eigenvalue weighted by atomic mass is 10.1. The standard InChI is InChI=1S/C22H28N2O4/c1-4-7-21(25)24-18-11-8-16(9-12-18)15-23-22(26)17-10-13-19(27-5-2)20(14-17)28-6-3/h8-14H,4-7,15H2,1-3H3,(H,23,26)(H,24,25). The third-order valence-electron chi connectivity index (χ3n) is 3.97. The molecule has 2 aromatic carbocycles. The molecule has 0 radical (unpaired) electrons. The molecule has 0 fully saturated rings. The van der Waals surface area contributed by atoms with Crippen molar-refractivity contribution in [2.75, 3.05) is 18.5 Å². The zero-order chi connectivity index (χ0) is 20.4. The highest BCUT2D eigenvalue weighted by atomic mass is 16.5. The topological polar surface area (TPSA) is 76.7 Å². The first kappa shape index (κ1) is 21.3. The molecule has 2 rings (SSSR count). The van der Waals surface area contributed by atoms with Crippen molar-refractivity contribution in [2.45, 2.75) is 40.2 Å². The molecule has 0 heterocycles. The smallest absolute Gasteiger partial charge is 0.251 e. The second kappa shape index (κ2) is 11.0. The molecule has 0 spiro atoms. The van der Waals surface area contributed by atoms with Crippen molar-refractivity contribution in [3.05, 3.63) is 53.6 Å². The highest BCUT2D eigenvalue weighted by molar-refractivity contribution is 5.95. The lowest BCUT2D eigenvalue weighted by molar-refractivity contribution is -0.116. The maximum absolute atomic E-state index is 12.5. The fraction of sp³-hybridized carbons (Fsp3) is 0.364. The van der Waals surface area contributed by atoms with E-state index in [9.17, 15) is 9.59 Å². The molecule has 2 aromatic rings. The van der Waals surface area contributed by atoms with Gasteiger partial charge in [-0.2, -0.15) is 0 Å². The zero-order valence-electron chi connectivity index (χ0n) is 16.7. The fourth-order valence-corrected chi connectivity index (χ4v) is 2.63. The summed E-state index contributed by atoms with van der Waals surface area (Å²) in [5.74, 6) is 0.999. The molecule has 28 heavy (non-hydrogen) atoms. The van der Waals surface area contributed by atoms with Crippen LogP contribution in [0.4, 0.5) is 5.69 Å². The molecule has 0 aliphatic rings. The van der Waals surface area contributed by atoms with Crippen LogP contribution in [-0.2, 0) is 11.3 Å². The fourth-order valence-electron chi connectivity index (χ4n) is 2.63. The number of carbonyl (C=O) groups is 2. The maximum atomic E-state index is 12.5. The summed E-state index contributed by atoms with van der Waals surface area (Å²) in [7, 11) is 0. The van der Waals surface area contributed by atoms with Crippen LogP contribution >= 0.6 is 0 Å². The largest absolute Gasteiger partial charge is 0.490 e. The SMILES string of the molecule is CCCC(=O)Nc1ccc(CNC(=O)c2ccc(OCC)c(OCC)c2)cc1. The second-order valence-electron chi connectivity index (χ2n) is 6.21. The van der Waals surface area contributed by atoms with Crippen LogP contribution in [0.5, 0.6) is 11.5 Å². The number of amides is 2. The van der Waals surface area contributed by atoms with Gasteiger partial charge in [0, 0.05) is 24.2 Å². The van der Waals surface area contributed by atoms with Crippen molar-refractivity contribution in [3.63, 3.8) is 0 Å². The van der Waals surface area contributed by atoms with E-state index < -0.39 is 0 Å². The minimum absolute atomic E-state index is 0.00385. The molecular formula is C22H28N2O4. The van der Waals surface area contributed by atoms with E-state index in [0.29, 0.717) is 43.2 Å². The number of carbonyl (C=O) groups excluding carboxylic acids is 2. The number of benzene rings is 2. The van der Waals surface area contributed by atoms with E-state index in [0.717, 1.165) is 17.7 Å². The van der Waals surface area contributed by atoms with Gasteiger partial charge in [-0.25, -0.2) is 0 Å². The summed E-state index contributed by atoms with van der Waals surface area (Å²) >= 11 is 0. The molecule has 0 unspecified atom stereocenters. The minimum Gasteiger partial charge on any atom is -0.490 e. The summed E-state index contributed by atoms with van der Waals surface area (Å²) in [5.41, 5.74) is 2.20. The van der Waals surface area contributed by atoms with Gasteiger partial charge in [0.25, 0.3) is 5.91 Å². The second-order valence-corrected chi connectivity index (χ2v) is 6.21. The average molecular weight is 384 g/mol. The normalized spacial score (nSPS) is 10.2. The van der Waals surface area contributed by atoms with Gasteiger partial charge in [0.1, 0.15) is 0 Å². The number of rotatable bonds is 10. The lowest BCUT2D eigenvalue weighted by Crippen LogP contribution is -2.22. The number of hydrogen-bond acceptors (Lipinski definition) is 4. The molecule has 6 nitrogen and oxygen atoms in total. The molecule has 2 N–H and O–H groups in total. The Bertz CT molecular complexity index is 788. The Kier molecular flexibility index (Phi) is 8.34. The van der Waals surface area contributed by atoms with Crippen LogP contribution in [0, 0.1) is 0 Å². The Morgan fingerprint density at radius 1 is 0.893 bits per heavy atom. The van der Waals surface area contributed by atoms with E-state index in [4.69, 9.17) is 9.47 Å². The first-order chi connectivity index (χ1) is 13.6. The van der Waals surface area contributed by atoms with Crippen LogP contribution in [0.25, 0.3) is 0 Å². The summed E-state index contributed by atoms with van der Waals surface area (Å²) in [5, 5.41) is 5.74. The van der Waals surface area contributed by atoms with Crippen LogP contribution in [-0.4, -0.2) is 25.0 Å². The van der Waals surface area contributed by atoms with Crippen molar-refractivity contribution in [1.82, 2.24) is 5.32 Å². The summed E-state index contributed by atoms with van der Waals surface area (Å²) in [6.07, 6.45) is 1.32. The first-order valence-corrected chi connectivity index (χ1v) is 9.64. The van der Waals surface area contributed by atoms with Crippen LogP contribution < -0.4 is 20.1 Å². The molecule has 0 aliphatic heterocycles. The third-order valence-corrected chi connectivity index (χ3v) is 3.97. The van der Waals surface area contributed by atoms with E-state index in [2.05, 4.69) is 10.6 Å². The number of hydrogen-bond donors (Lipinski definition) is 2. The molecule has 0 atom stereocenters. The Labute approximate surface area is 166 Å².